The fourth-order valence-corrected chi connectivity index (χ4v) is 2.44. The second-order valence-corrected chi connectivity index (χ2v) is 5.55. The third kappa shape index (κ3) is 3.19. The minimum atomic E-state index is 0.606. The number of rotatable bonds is 4. The highest BCUT2D eigenvalue weighted by atomic mass is 79.9. The largest absolute Gasteiger partial charge is 0.490 e. The van der Waals surface area contributed by atoms with Crippen LogP contribution in [-0.4, -0.2) is 6.61 Å². The van der Waals surface area contributed by atoms with E-state index in [0.29, 0.717) is 6.61 Å². The molecule has 0 aliphatic heterocycles. The summed E-state index contributed by atoms with van der Waals surface area (Å²) in [5.41, 5.74) is 0. The summed E-state index contributed by atoms with van der Waals surface area (Å²) >= 11 is 3.42. The average Bonchev–Trinajstić information content (AvgIpc) is 2.50. The van der Waals surface area contributed by atoms with E-state index in [-0.39, 0.29) is 0 Å². The molecule has 0 amide bonds. The van der Waals surface area contributed by atoms with E-state index in [1.165, 1.54) is 0 Å². The minimum Gasteiger partial charge on any atom is -0.490 e. The second kappa shape index (κ2) is 6.19. The normalized spacial score (nSPS) is 10.6. The summed E-state index contributed by atoms with van der Waals surface area (Å²) in [5.74, 6) is 2.28. The summed E-state index contributed by atoms with van der Waals surface area (Å²) in [4.78, 5) is 0. The van der Waals surface area contributed by atoms with E-state index in [0.717, 1.165) is 32.5 Å². The molecule has 0 radical (unpaired) electrons. The van der Waals surface area contributed by atoms with Crippen LogP contribution in [0.2, 0.25) is 0 Å². The van der Waals surface area contributed by atoms with Gasteiger partial charge in [-0.1, -0.05) is 40.2 Å². The van der Waals surface area contributed by atoms with Crippen LogP contribution < -0.4 is 9.47 Å². The zero-order chi connectivity index (χ0) is 14.7. The van der Waals surface area contributed by atoms with E-state index in [1.807, 2.05) is 55.5 Å². The van der Waals surface area contributed by atoms with E-state index in [9.17, 15) is 0 Å². The SMILES string of the molecule is CCOc1cc2ccccc2cc1Oc1ccc(Br)cc1. The lowest BCUT2D eigenvalue weighted by molar-refractivity contribution is 0.322. The molecule has 0 saturated carbocycles. The Morgan fingerprint density at radius 1 is 0.857 bits per heavy atom. The number of hydrogen-bond donors (Lipinski definition) is 0. The molecule has 3 rings (SSSR count). The number of halogens is 1. The van der Waals surface area contributed by atoms with Crippen molar-refractivity contribution in [3.8, 4) is 17.2 Å². The van der Waals surface area contributed by atoms with Gasteiger partial charge >= 0.3 is 0 Å². The summed E-state index contributed by atoms with van der Waals surface area (Å²) in [6, 6.07) is 20.0. The monoisotopic (exact) mass is 342 g/mol. The van der Waals surface area contributed by atoms with E-state index < -0.39 is 0 Å². The van der Waals surface area contributed by atoms with Gasteiger partial charge in [0, 0.05) is 4.47 Å². The molecule has 0 N–H and O–H groups in total. The molecule has 2 nitrogen and oxygen atoms in total. The third-order valence-electron chi connectivity index (χ3n) is 3.15. The highest BCUT2D eigenvalue weighted by Crippen LogP contribution is 2.36. The molecule has 3 heteroatoms. The highest BCUT2D eigenvalue weighted by molar-refractivity contribution is 9.10. The Hall–Kier alpha value is -2.00. The zero-order valence-corrected chi connectivity index (χ0v) is 13.3. The van der Waals surface area contributed by atoms with Gasteiger partial charge in [-0.3, -0.25) is 0 Å². The summed E-state index contributed by atoms with van der Waals surface area (Å²) in [6.45, 7) is 2.58. The molecule has 0 aromatic heterocycles. The number of benzene rings is 3. The van der Waals surface area contributed by atoms with Gasteiger partial charge in [0.2, 0.25) is 0 Å². The van der Waals surface area contributed by atoms with Crippen molar-refractivity contribution in [2.24, 2.45) is 0 Å². The number of ether oxygens (including phenoxy) is 2. The minimum absolute atomic E-state index is 0.606. The first-order chi connectivity index (χ1) is 10.3. The van der Waals surface area contributed by atoms with Gasteiger partial charge in [0.15, 0.2) is 11.5 Å². The van der Waals surface area contributed by atoms with Crippen molar-refractivity contribution in [2.45, 2.75) is 6.92 Å². The van der Waals surface area contributed by atoms with Gasteiger partial charge in [-0.25, -0.2) is 0 Å². The van der Waals surface area contributed by atoms with E-state index in [2.05, 4.69) is 28.1 Å². The van der Waals surface area contributed by atoms with Crippen molar-refractivity contribution in [3.63, 3.8) is 0 Å². The first-order valence-corrected chi connectivity index (χ1v) is 7.64. The molecule has 21 heavy (non-hydrogen) atoms. The summed E-state index contributed by atoms with van der Waals surface area (Å²) in [5, 5.41) is 2.28. The van der Waals surface area contributed by atoms with Crippen molar-refractivity contribution in [1.82, 2.24) is 0 Å². The van der Waals surface area contributed by atoms with Crippen LogP contribution in [0, 0.1) is 0 Å². The Bertz CT molecular complexity index is 751. The van der Waals surface area contributed by atoms with Crippen molar-refractivity contribution < 1.29 is 9.47 Å². The molecular formula is C18H15BrO2. The molecule has 0 aliphatic carbocycles. The smallest absolute Gasteiger partial charge is 0.169 e. The maximum absolute atomic E-state index is 5.98. The van der Waals surface area contributed by atoms with Crippen molar-refractivity contribution in [1.29, 1.82) is 0 Å². The van der Waals surface area contributed by atoms with Gasteiger partial charge in [0.25, 0.3) is 0 Å². The molecular weight excluding hydrogens is 328 g/mol. The molecule has 0 fully saturated rings. The van der Waals surface area contributed by atoms with E-state index in [1.54, 1.807) is 0 Å². The lowest BCUT2D eigenvalue weighted by atomic mass is 10.1. The van der Waals surface area contributed by atoms with Crippen LogP contribution >= 0.6 is 15.9 Å². The molecule has 106 valence electrons. The van der Waals surface area contributed by atoms with Crippen LogP contribution in [0.3, 0.4) is 0 Å². The lowest BCUT2D eigenvalue weighted by Gasteiger charge is -2.13. The molecule has 0 heterocycles. The zero-order valence-electron chi connectivity index (χ0n) is 11.7. The Balaban J connectivity index is 2.02. The van der Waals surface area contributed by atoms with Crippen molar-refractivity contribution >= 4 is 26.7 Å². The quantitative estimate of drug-likeness (QED) is 0.597. The summed E-state index contributed by atoms with van der Waals surface area (Å²) in [6.07, 6.45) is 0. The number of hydrogen-bond acceptors (Lipinski definition) is 2. The lowest BCUT2D eigenvalue weighted by Crippen LogP contribution is -1.95. The van der Waals surface area contributed by atoms with Gasteiger partial charge < -0.3 is 9.47 Å². The molecule has 3 aromatic rings. The molecule has 0 unspecified atom stereocenters. The fourth-order valence-electron chi connectivity index (χ4n) is 2.18. The average molecular weight is 343 g/mol. The van der Waals surface area contributed by atoms with Crippen LogP contribution in [0.1, 0.15) is 6.92 Å². The van der Waals surface area contributed by atoms with Crippen LogP contribution in [0.4, 0.5) is 0 Å². The molecule has 0 aliphatic rings. The Morgan fingerprint density at radius 3 is 2.10 bits per heavy atom. The van der Waals surface area contributed by atoms with Crippen LogP contribution in [0.15, 0.2) is 65.1 Å². The van der Waals surface area contributed by atoms with E-state index in [4.69, 9.17) is 9.47 Å². The molecule has 0 atom stereocenters. The first-order valence-electron chi connectivity index (χ1n) is 6.85. The van der Waals surface area contributed by atoms with Crippen LogP contribution in [-0.2, 0) is 0 Å². The Kier molecular flexibility index (Phi) is 4.11. The Morgan fingerprint density at radius 2 is 1.48 bits per heavy atom. The molecule has 0 bridgehead atoms. The highest BCUT2D eigenvalue weighted by Gasteiger charge is 2.08. The summed E-state index contributed by atoms with van der Waals surface area (Å²) < 4.78 is 12.7. The van der Waals surface area contributed by atoms with Gasteiger partial charge in [-0.2, -0.15) is 0 Å². The third-order valence-corrected chi connectivity index (χ3v) is 3.68. The maximum atomic E-state index is 5.98. The first kappa shape index (κ1) is 14.0. The summed E-state index contributed by atoms with van der Waals surface area (Å²) in [7, 11) is 0. The maximum Gasteiger partial charge on any atom is 0.169 e. The predicted octanol–water partition coefficient (Wildman–Crippen LogP) is 5.79. The van der Waals surface area contributed by atoms with Crippen molar-refractivity contribution in [3.05, 3.63) is 65.1 Å². The predicted molar refractivity (Wildman–Crippen MR) is 89.3 cm³/mol. The molecule has 0 spiro atoms. The van der Waals surface area contributed by atoms with Gasteiger partial charge in [-0.15, -0.1) is 0 Å². The van der Waals surface area contributed by atoms with Crippen LogP contribution in [0.5, 0.6) is 17.2 Å². The topological polar surface area (TPSA) is 18.5 Å². The van der Waals surface area contributed by atoms with E-state index >= 15 is 0 Å². The molecule has 3 aromatic carbocycles. The van der Waals surface area contributed by atoms with Gasteiger partial charge in [0.1, 0.15) is 5.75 Å². The van der Waals surface area contributed by atoms with Crippen LogP contribution in [0.25, 0.3) is 10.8 Å². The van der Waals surface area contributed by atoms with Gasteiger partial charge in [-0.05, 0) is 54.1 Å². The van der Waals surface area contributed by atoms with Crippen molar-refractivity contribution in [2.75, 3.05) is 6.61 Å². The molecule has 0 saturated heterocycles. The Labute approximate surface area is 132 Å². The second-order valence-electron chi connectivity index (χ2n) is 4.64. The standard InChI is InChI=1S/C18H15BrO2/c1-2-20-17-11-13-5-3-4-6-14(13)12-18(17)21-16-9-7-15(19)8-10-16/h3-12H,2H2,1H3. The van der Waals surface area contributed by atoms with Gasteiger partial charge in [0.05, 0.1) is 6.61 Å². The fraction of sp³-hybridized carbons (Fsp3) is 0.111. The number of fused-ring (bicyclic) bond motifs is 1.